The van der Waals surface area contributed by atoms with E-state index in [9.17, 15) is 0 Å². The fourth-order valence-corrected chi connectivity index (χ4v) is 10.2. The summed E-state index contributed by atoms with van der Waals surface area (Å²) in [7, 11) is 1.39. The van der Waals surface area contributed by atoms with E-state index in [1.807, 2.05) is 0 Å². The van der Waals surface area contributed by atoms with Crippen LogP contribution in [0.1, 0.15) is 60.3 Å². The molecule has 0 heterocycles. The third-order valence-corrected chi connectivity index (χ3v) is 12.6. The molecule has 0 amide bonds. The standard InChI is InChI=1S/C41H40P2/c1-28-15-6-12-25-38(28)42-27-37-29(2)41(43-39-26-13-11-21-33(39)31-16-4-3-5-17-31)36-23-10-9-22-35(36)40(37)34-24-14-19-30-18-7-8-20-32(30)34/h6-15,18-26,31,42-43H,3-5,16-17,27H2,1-2H3. The van der Waals surface area contributed by atoms with E-state index in [-0.39, 0.29) is 0 Å². The molecule has 2 heteroatoms. The Labute approximate surface area is 260 Å². The second kappa shape index (κ2) is 12.7. The summed E-state index contributed by atoms with van der Waals surface area (Å²) >= 11 is 0. The van der Waals surface area contributed by atoms with Gasteiger partial charge in [-0.1, -0.05) is 152 Å². The second-order valence-corrected chi connectivity index (χ2v) is 14.7. The van der Waals surface area contributed by atoms with Crippen molar-refractivity contribution in [1.29, 1.82) is 0 Å². The fourth-order valence-electron chi connectivity index (χ4n) is 7.23. The van der Waals surface area contributed by atoms with Gasteiger partial charge in [0.15, 0.2) is 0 Å². The van der Waals surface area contributed by atoms with Gasteiger partial charge < -0.3 is 0 Å². The molecule has 43 heavy (non-hydrogen) atoms. The van der Waals surface area contributed by atoms with Crippen molar-refractivity contribution in [2.75, 3.05) is 0 Å². The van der Waals surface area contributed by atoms with Crippen molar-refractivity contribution < 1.29 is 0 Å². The number of hydrogen-bond donors (Lipinski definition) is 0. The Morgan fingerprint density at radius 1 is 0.605 bits per heavy atom. The molecule has 0 bridgehead atoms. The number of hydrogen-bond acceptors (Lipinski definition) is 0. The van der Waals surface area contributed by atoms with Gasteiger partial charge in [0, 0.05) is 0 Å². The Morgan fingerprint density at radius 2 is 1.26 bits per heavy atom. The third-order valence-electron chi connectivity index (χ3n) is 9.52. The molecule has 2 atom stereocenters. The Balaban J connectivity index is 1.44. The van der Waals surface area contributed by atoms with Gasteiger partial charge in [-0.25, -0.2) is 0 Å². The molecule has 0 aliphatic heterocycles. The number of rotatable bonds is 7. The van der Waals surface area contributed by atoms with E-state index in [1.54, 1.807) is 10.9 Å². The van der Waals surface area contributed by atoms with Crippen molar-refractivity contribution >= 4 is 54.6 Å². The Morgan fingerprint density at radius 3 is 2.07 bits per heavy atom. The number of fused-ring (bicyclic) bond motifs is 2. The molecule has 0 radical (unpaired) electrons. The first-order valence-corrected chi connectivity index (χ1v) is 18.1. The zero-order valence-electron chi connectivity index (χ0n) is 25.3. The molecule has 0 saturated heterocycles. The van der Waals surface area contributed by atoms with E-state index in [2.05, 4.69) is 129 Å². The maximum absolute atomic E-state index is 2.43. The summed E-state index contributed by atoms with van der Waals surface area (Å²) in [5.74, 6) is 0.709. The summed E-state index contributed by atoms with van der Waals surface area (Å²) in [5.41, 5.74) is 8.80. The highest BCUT2D eigenvalue weighted by Crippen LogP contribution is 2.42. The normalized spacial score (nSPS) is 14.6. The summed E-state index contributed by atoms with van der Waals surface area (Å²) in [5, 5.41) is 10.0. The molecular weight excluding hydrogens is 554 g/mol. The van der Waals surface area contributed by atoms with Gasteiger partial charge in [-0.15, -0.1) is 0 Å². The van der Waals surface area contributed by atoms with Crippen molar-refractivity contribution in [3.8, 4) is 11.1 Å². The molecular formula is C41H40P2. The monoisotopic (exact) mass is 594 g/mol. The average molecular weight is 595 g/mol. The largest absolute Gasteiger partial charge is 0.0856 e. The predicted molar refractivity (Wildman–Crippen MR) is 194 cm³/mol. The number of benzene rings is 6. The molecule has 6 aromatic carbocycles. The molecule has 214 valence electrons. The molecule has 1 aliphatic rings. The molecule has 1 fully saturated rings. The van der Waals surface area contributed by atoms with Crippen LogP contribution >= 0.6 is 17.2 Å². The highest BCUT2D eigenvalue weighted by Gasteiger charge is 2.23. The molecule has 0 nitrogen and oxygen atoms in total. The zero-order chi connectivity index (χ0) is 29.2. The lowest BCUT2D eigenvalue weighted by Gasteiger charge is -2.26. The van der Waals surface area contributed by atoms with E-state index in [0.29, 0.717) is 14.5 Å². The first-order valence-electron chi connectivity index (χ1n) is 15.9. The summed E-state index contributed by atoms with van der Waals surface area (Å²) in [6.07, 6.45) is 7.86. The van der Waals surface area contributed by atoms with Gasteiger partial charge in [-0.2, -0.15) is 0 Å². The van der Waals surface area contributed by atoms with Gasteiger partial charge in [-0.05, 0) is 110 Å². The van der Waals surface area contributed by atoms with E-state index < -0.39 is 0 Å². The van der Waals surface area contributed by atoms with Crippen LogP contribution in [0.5, 0.6) is 0 Å². The van der Waals surface area contributed by atoms with Gasteiger partial charge in [-0.3, -0.25) is 0 Å². The average Bonchev–Trinajstić information content (AvgIpc) is 3.06. The Bertz CT molecular complexity index is 1910. The summed E-state index contributed by atoms with van der Waals surface area (Å²) in [4.78, 5) is 0. The molecule has 7 rings (SSSR count). The maximum Gasteiger partial charge on any atom is -0.00509 e. The summed E-state index contributed by atoms with van der Waals surface area (Å²) in [6, 6.07) is 43.3. The van der Waals surface area contributed by atoms with Crippen LogP contribution in [0.3, 0.4) is 0 Å². The first-order chi connectivity index (χ1) is 21.2. The second-order valence-electron chi connectivity index (χ2n) is 12.1. The van der Waals surface area contributed by atoms with Crippen LogP contribution in [-0.2, 0) is 6.16 Å². The molecule has 6 aromatic rings. The van der Waals surface area contributed by atoms with Crippen molar-refractivity contribution in [3.63, 3.8) is 0 Å². The lowest BCUT2D eigenvalue weighted by molar-refractivity contribution is 0.445. The third kappa shape index (κ3) is 5.69. The smallest absolute Gasteiger partial charge is 0.00509 e. The van der Waals surface area contributed by atoms with Gasteiger partial charge in [0.2, 0.25) is 0 Å². The lowest BCUT2D eigenvalue weighted by atomic mass is 9.84. The minimum absolute atomic E-state index is 0.656. The van der Waals surface area contributed by atoms with Gasteiger partial charge in [0.1, 0.15) is 0 Å². The van der Waals surface area contributed by atoms with E-state index in [4.69, 9.17) is 0 Å². The van der Waals surface area contributed by atoms with Crippen molar-refractivity contribution in [3.05, 3.63) is 138 Å². The van der Waals surface area contributed by atoms with Gasteiger partial charge >= 0.3 is 0 Å². The first kappa shape index (κ1) is 28.5. The summed E-state index contributed by atoms with van der Waals surface area (Å²) in [6.45, 7) is 4.68. The lowest BCUT2D eigenvalue weighted by Crippen LogP contribution is -2.18. The van der Waals surface area contributed by atoms with Gasteiger partial charge in [0.25, 0.3) is 0 Å². The highest BCUT2D eigenvalue weighted by atomic mass is 31.1. The van der Waals surface area contributed by atoms with Crippen molar-refractivity contribution in [2.45, 2.75) is 58.0 Å². The fraction of sp³-hybridized carbons (Fsp3) is 0.220. The summed E-state index contributed by atoms with van der Waals surface area (Å²) < 4.78 is 0. The predicted octanol–water partition coefficient (Wildman–Crippen LogP) is 10.5. The zero-order valence-corrected chi connectivity index (χ0v) is 27.3. The van der Waals surface area contributed by atoms with Crippen LogP contribution < -0.4 is 15.9 Å². The molecule has 0 spiro atoms. The molecule has 1 aliphatic carbocycles. The quantitative estimate of drug-likeness (QED) is 0.161. The van der Waals surface area contributed by atoms with Crippen LogP contribution in [0.2, 0.25) is 0 Å². The van der Waals surface area contributed by atoms with Crippen LogP contribution in [-0.4, -0.2) is 0 Å². The molecule has 0 N–H and O–H groups in total. The minimum Gasteiger partial charge on any atom is -0.0856 e. The minimum atomic E-state index is 0.656. The van der Waals surface area contributed by atoms with Crippen molar-refractivity contribution in [2.24, 2.45) is 0 Å². The maximum atomic E-state index is 2.43. The van der Waals surface area contributed by atoms with Crippen LogP contribution in [0.15, 0.2) is 115 Å². The molecule has 0 aromatic heterocycles. The van der Waals surface area contributed by atoms with Crippen LogP contribution in [0.4, 0.5) is 0 Å². The number of aryl methyl sites for hydroxylation is 1. The van der Waals surface area contributed by atoms with Gasteiger partial charge in [0.05, 0.1) is 0 Å². The van der Waals surface area contributed by atoms with Crippen molar-refractivity contribution in [1.82, 2.24) is 0 Å². The highest BCUT2D eigenvalue weighted by molar-refractivity contribution is 7.56. The van der Waals surface area contributed by atoms with E-state index >= 15 is 0 Å². The van der Waals surface area contributed by atoms with E-state index in [1.165, 1.54) is 92.1 Å². The SMILES string of the molecule is Cc1ccccc1PCc1c(C)c(Pc2ccccc2C2CCCCC2)c2ccccc2c1-c1cccc2ccccc12. The van der Waals surface area contributed by atoms with E-state index in [0.717, 1.165) is 14.7 Å². The molecule has 1 saturated carbocycles. The van der Waals surface area contributed by atoms with Crippen LogP contribution in [0.25, 0.3) is 32.7 Å². The molecule has 2 unspecified atom stereocenters. The Hall–Kier alpha value is -3.30. The Kier molecular flexibility index (Phi) is 8.44. The van der Waals surface area contributed by atoms with Crippen LogP contribution in [0, 0.1) is 13.8 Å². The topological polar surface area (TPSA) is 0 Å².